The fourth-order valence-corrected chi connectivity index (χ4v) is 5.24. The van der Waals surface area contributed by atoms with Gasteiger partial charge in [0.25, 0.3) is 11.8 Å². The minimum Gasteiger partial charge on any atom is -0.499 e. The van der Waals surface area contributed by atoms with Gasteiger partial charge in [0.05, 0.1) is 31.2 Å². The lowest BCUT2D eigenvalue weighted by atomic mass is 9.93. The number of hydrogen-bond donors (Lipinski definition) is 0. The van der Waals surface area contributed by atoms with E-state index in [1.807, 2.05) is 19.1 Å². The van der Waals surface area contributed by atoms with Crippen LogP contribution in [0.4, 0.5) is 4.79 Å². The summed E-state index contributed by atoms with van der Waals surface area (Å²) in [6.45, 7) is 9.78. The maximum Gasteiger partial charge on any atom is 0.533 e. The molecule has 0 aromatic heterocycles. The number of carbonyl (C=O) groups is 6. The molecule has 1 heterocycles. The van der Waals surface area contributed by atoms with E-state index in [4.69, 9.17) is 19.0 Å². The number of hydrogen-bond acceptors (Lipinski definition) is 10. The van der Waals surface area contributed by atoms with Crippen LogP contribution in [0, 0.1) is 0 Å². The van der Waals surface area contributed by atoms with Gasteiger partial charge in [0.15, 0.2) is 11.6 Å². The molecule has 0 spiro atoms. The van der Waals surface area contributed by atoms with Crippen molar-refractivity contribution in [1.82, 2.24) is 5.06 Å². The van der Waals surface area contributed by atoms with Crippen LogP contribution in [0.1, 0.15) is 96.1 Å². The molecule has 2 amide bonds. The minimum absolute atomic E-state index is 0.0534. The first kappa shape index (κ1) is 33.8. The molecule has 1 saturated heterocycles. The molecule has 2 aromatic rings. The second-order valence-corrected chi connectivity index (χ2v) is 10.9. The van der Waals surface area contributed by atoms with Crippen LogP contribution < -0.4 is 0 Å². The molecule has 46 heavy (non-hydrogen) atoms. The summed E-state index contributed by atoms with van der Waals surface area (Å²) in [5.41, 5.74) is 4.01. The molecule has 242 valence electrons. The Bertz CT molecular complexity index is 1540. The van der Waals surface area contributed by atoms with Gasteiger partial charge in [-0.2, -0.15) is 0 Å². The number of fused-ring (bicyclic) bond motifs is 3. The fraction of sp³-hybridized carbons (Fsp3) is 0.371. The lowest BCUT2D eigenvalue weighted by molar-refractivity contribution is -0.177. The summed E-state index contributed by atoms with van der Waals surface area (Å²) in [6.07, 6.45) is 1.55. The van der Waals surface area contributed by atoms with Gasteiger partial charge in [-0.15, -0.1) is 0 Å². The summed E-state index contributed by atoms with van der Waals surface area (Å²) >= 11 is 0. The van der Waals surface area contributed by atoms with Crippen LogP contribution >= 0.6 is 0 Å². The van der Waals surface area contributed by atoms with E-state index in [0.717, 1.165) is 16.7 Å². The molecular weight excluding hydrogens is 594 g/mol. The largest absolute Gasteiger partial charge is 0.533 e. The molecule has 2 aliphatic rings. The summed E-state index contributed by atoms with van der Waals surface area (Å²) in [5, 5.41) is 0.407. The summed E-state index contributed by atoms with van der Waals surface area (Å²) in [6, 6.07) is 10.6. The van der Waals surface area contributed by atoms with E-state index in [0.29, 0.717) is 65.4 Å². The minimum atomic E-state index is -1.22. The van der Waals surface area contributed by atoms with Crippen LogP contribution in [0.15, 0.2) is 61.1 Å². The van der Waals surface area contributed by atoms with Crippen molar-refractivity contribution in [3.05, 3.63) is 83.3 Å². The zero-order valence-electron chi connectivity index (χ0n) is 25.8. The number of amides is 2. The van der Waals surface area contributed by atoms with Crippen molar-refractivity contribution < 1.29 is 47.8 Å². The highest BCUT2D eigenvalue weighted by Crippen LogP contribution is 2.46. The monoisotopic (exact) mass is 631 g/mol. The molecule has 0 N–H and O–H groups in total. The smallest absolute Gasteiger partial charge is 0.499 e. The molecule has 1 atom stereocenters. The van der Waals surface area contributed by atoms with Gasteiger partial charge < -0.3 is 19.0 Å². The normalized spacial score (nSPS) is 14.7. The van der Waals surface area contributed by atoms with Gasteiger partial charge >= 0.3 is 6.16 Å². The number of nitrogens with zero attached hydrogens (tertiary/aromatic N) is 1. The SMILES string of the molecule is C=C(CC)OCCCC(=O)c1ccc2c(c1)C(COC(=O)ON1C(=O)CCC1=O)c1cc(C(=O)CCCOC(=C)CC=O)ccc1-2. The van der Waals surface area contributed by atoms with Crippen molar-refractivity contribution >= 4 is 35.8 Å². The Labute approximate surface area is 267 Å². The molecule has 0 saturated carbocycles. The fourth-order valence-electron chi connectivity index (χ4n) is 5.24. The van der Waals surface area contributed by atoms with Gasteiger partial charge in [-0.25, -0.2) is 4.79 Å². The maximum atomic E-state index is 13.1. The maximum absolute atomic E-state index is 13.1. The van der Waals surface area contributed by atoms with Crippen molar-refractivity contribution in [2.24, 2.45) is 0 Å². The highest BCUT2D eigenvalue weighted by atomic mass is 16.8. The topological polar surface area (TPSA) is 143 Å². The Kier molecular flexibility index (Phi) is 11.6. The number of Topliss-reactive ketones (excluding diaryl/α,β-unsaturated/α-hetero) is 2. The molecule has 0 bridgehead atoms. The van der Waals surface area contributed by atoms with Crippen LogP contribution in [-0.4, -0.2) is 60.7 Å². The van der Waals surface area contributed by atoms with E-state index in [-0.39, 0.29) is 56.9 Å². The summed E-state index contributed by atoms with van der Waals surface area (Å²) in [5.74, 6) is -1.03. The predicted molar refractivity (Wildman–Crippen MR) is 166 cm³/mol. The molecule has 1 unspecified atom stereocenters. The van der Waals surface area contributed by atoms with Gasteiger partial charge in [-0.05, 0) is 47.2 Å². The summed E-state index contributed by atoms with van der Waals surface area (Å²) in [7, 11) is 0. The molecule has 11 heteroatoms. The number of rotatable bonds is 18. The van der Waals surface area contributed by atoms with E-state index in [2.05, 4.69) is 13.2 Å². The summed E-state index contributed by atoms with van der Waals surface area (Å²) in [4.78, 5) is 77.9. The Morgan fingerprint density at radius 2 is 1.35 bits per heavy atom. The molecule has 1 aliphatic carbocycles. The van der Waals surface area contributed by atoms with Gasteiger partial charge in [-0.1, -0.05) is 49.4 Å². The lowest BCUT2D eigenvalue weighted by Crippen LogP contribution is -2.32. The van der Waals surface area contributed by atoms with Gasteiger partial charge in [-0.3, -0.25) is 24.0 Å². The predicted octanol–water partition coefficient (Wildman–Crippen LogP) is 6.00. The van der Waals surface area contributed by atoms with Crippen LogP contribution in [0.2, 0.25) is 0 Å². The number of aldehydes is 1. The Hall–Kier alpha value is -5.06. The molecular formula is C35H37NO10. The molecule has 1 aliphatic heterocycles. The third-order valence-corrected chi connectivity index (χ3v) is 7.74. The summed E-state index contributed by atoms with van der Waals surface area (Å²) < 4.78 is 16.3. The third-order valence-electron chi connectivity index (χ3n) is 7.74. The second kappa shape index (κ2) is 15.8. The van der Waals surface area contributed by atoms with Crippen molar-refractivity contribution in [1.29, 1.82) is 0 Å². The van der Waals surface area contributed by atoms with Gasteiger partial charge in [0, 0.05) is 49.1 Å². The van der Waals surface area contributed by atoms with Gasteiger partial charge in [0.2, 0.25) is 0 Å². The first-order chi connectivity index (χ1) is 22.1. The highest BCUT2D eigenvalue weighted by molar-refractivity contribution is 6.01. The number of hydroxylamine groups is 2. The molecule has 11 nitrogen and oxygen atoms in total. The number of allylic oxidation sites excluding steroid dienone is 2. The highest BCUT2D eigenvalue weighted by Gasteiger charge is 2.35. The lowest BCUT2D eigenvalue weighted by Gasteiger charge is -2.17. The Morgan fingerprint density at radius 1 is 0.826 bits per heavy atom. The zero-order valence-corrected chi connectivity index (χ0v) is 25.8. The number of ether oxygens (including phenoxy) is 3. The number of benzene rings is 2. The van der Waals surface area contributed by atoms with Crippen LogP contribution in [0.3, 0.4) is 0 Å². The molecule has 1 fully saturated rings. The van der Waals surface area contributed by atoms with E-state index in [9.17, 15) is 28.8 Å². The first-order valence-corrected chi connectivity index (χ1v) is 15.2. The van der Waals surface area contributed by atoms with Crippen LogP contribution in [0.25, 0.3) is 11.1 Å². The van der Waals surface area contributed by atoms with E-state index >= 15 is 0 Å². The van der Waals surface area contributed by atoms with Crippen molar-refractivity contribution in [2.75, 3.05) is 19.8 Å². The van der Waals surface area contributed by atoms with Crippen LogP contribution in [0.5, 0.6) is 0 Å². The number of carbonyl (C=O) groups excluding carboxylic acids is 6. The molecule has 0 radical (unpaired) electrons. The average Bonchev–Trinajstić information content (AvgIpc) is 3.54. The van der Waals surface area contributed by atoms with Crippen molar-refractivity contribution in [3.63, 3.8) is 0 Å². The third kappa shape index (κ3) is 8.35. The number of ketones is 2. The van der Waals surface area contributed by atoms with E-state index in [1.54, 1.807) is 24.3 Å². The Morgan fingerprint density at radius 3 is 1.85 bits per heavy atom. The van der Waals surface area contributed by atoms with Gasteiger partial charge in [0.1, 0.15) is 12.9 Å². The van der Waals surface area contributed by atoms with Crippen molar-refractivity contribution in [2.45, 2.75) is 64.2 Å². The van der Waals surface area contributed by atoms with Crippen LogP contribution in [-0.2, 0) is 33.4 Å². The number of imide groups is 1. The van der Waals surface area contributed by atoms with Crippen molar-refractivity contribution in [3.8, 4) is 11.1 Å². The van der Waals surface area contributed by atoms with E-state index < -0.39 is 23.9 Å². The quantitative estimate of drug-likeness (QED) is 0.0480. The molecule has 4 rings (SSSR count). The first-order valence-electron chi connectivity index (χ1n) is 15.2. The zero-order chi connectivity index (χ0) is 33.2. The Balaban J connectivity index is 1.51. The molecule has 2 aromatic carbocycles. The second-order valence-electron chi connectivity index (χ2n) is 10.9. The van der Waals surface area contributed by atoms with E-state index in [1.165, 1.54) is 0 Å². The standard InChI is InChI=1S/C35H37NO10/c1-4-22(2)43-17-5-7-31(38)24-9-11-26-27-12-10-25(32(39)8-6-18-44-23(3)15-16-37)20-29(27)30(28(26)19-24)21-45-35(42)46-36-33(40)13-14-34(36)41/h9-12,16,19-20,30H,2-8,13-15,17-18,21H2,1H3. The average molecular weight is 632 g/mol.